The van der Waals surface area contributed by atoms with Crippen LogP contribution in [0, 0.1) is 6.92 Å². The number of nitrogens with zero attached hydrogens (tertiary/aromatic N) is 3. The first-order valence-electron chi connectivity index (χ1n) is 10.4. The van der Waals surface area contributed by atoms with Crippen molar-refractivity contribution in [2.75, 3.05) is 13.2 Å². The van der Waals surface area contributed by atoms with E-state index in [1.165, 1.54) is 0 Å². The first kappa shape index (κ1) is 22.0. The van der Waals surface area contributed by atoms with E-state index >= 15 is 0 Å². The Bertz CT molecular complexity index is 1260. The summed E-state index contributed by atoms with van der Waals surface area (Å²) >= 11 is 6.06. The third-order valence-electron chi connectivity index (χ3n) is 5.27. The van der Waals surface area contributed by atoms with Gasteiger partial charge in [-0.2, -0.15) is 9.78 Å². The molecule has 0 unspecified atom stereocenters. The maximum atomic E-state index is 13.2. The van der Waals surface area contributed by atoms with Gasteiger partial charge in [0.1, 0.15) is 0 Å². The van der Waals surface area contributed by atoms with E-state index < -0.39 is 17.2 Å². The molecular weight excluding hydrogens is 432 g/mol. The second-order valence-corrected chi connectivity index (χ2v) is 8.18. The predicted octanol–water partition coefficient (Wildman–Crippen LogP) is 2.31. The minimum Gasteiger partial charge on any atom is -0.376 e. The van der Waals surface area contributed by atoms with E-state index in [-0.39, 0.29) is 24.9 Å². The maximum absolute atomic E-state index is 13.2. The van der Waals surface area contributed by atoms with Crippen molar-refractivity contribution in [3.8, 4) is 5.69 Å². The van der Waals surface area contributed by atoms with Gasteiger partial charge in [0, 0.05) is 18.2 Å². The van der Waals surface area contributed by atoms with Crippen molar-refractivity contribution < 1.29 is 9.53 Å². The Morgan fingerprint density at radius 1 is 1.22 bits per heavy atom. The van der Waals surface area contributed by atoms with Gasteiger partial charge in [0.15, 0.2) is 0 Å². The van der Waals surface area contributed by atoms with Gasteiger partial charge in [-0.15, -0.1) is 0 Å². The normalized spacial score (nSPS) is 15.6. The van der Waals surface area contributed by atoms with Crippen LogP contribution in [0.2, 0.25) is 5.02 Å². The number of aryl methyl sites for hydroxylation is 1. The maximum Gasteiger partial charge on any atom is 0.352 e. The van der Waals surface area contributed by atoms with Crippen molar-refractivity contribution in [1.29, 1.82) is 0 Å². The summed E-state index contributed by atoms with van der Waals surface area (Å²) in [6.07, 6.45) is 1.69. The van der Waals surface area contributed by atoms with Crippen LogP contribution in [0.25, 0.3) is 5.69 Å². The highest BCUT2D eigenvalue weighted by molar-refractivity contribution is 6.30. The molecule has 1 atom stereocenters. The molecule has 8 nitrogen and oxygen atoms in total. The molecule has 0 radical (unpaired) electrons. The zero-order chi connectivity index (χ0) is 22.7. The van der Waals surface area contributed by atoms with Crippen molar-refractivity contribution in [3.05, 3.63) is 91.2 Å². The fraction of sp³-hybridized carbons (Fsp3) is 0.304. The van der Waals surface area contributed by atoms with Crippen LogP contribution in [0.1, 0.15) is 34.5 Å². The Kier molecular flexibility index (Phi) is 6.53. The predicted molar refractivity (Wildman–Crippen MR) is 121 cm³/mol. The van der Waals surface area contributed by atoms with Crippen LogP contribution < -0.4 is 16.6 Å². The Morgan fingerprint density at radius 3 is 2.75 bits per heavy atom. The number of carbonyl (C=O) groups excluding carboxylic acids is 1. The first-order valence-corrected chi connectivity index (χ1v) is 10.8. The van der Waals surface area contributed by atoms with Crippen molar-refractivity contribution in [2.24, 2.45) is 0 Å². The number of carbonyl (C=O) groups is 1. The summed E-state index contributed by atoms with van der Waals surface area (Å²) < 4.78 is 7.61. The lowest BCUT2D eigenvalue weighted by Gasteiger charge is -2.14. The van der Waals surface area contributed by atoms with Gasteiger partial charge in [-0.3, -0.25) is 14.2 Å². The molecule has 0 spiro atoms. The molecule has 0 saturated carbocycles. The summed E-state index contributed by atoms with van der Waals surface area (Å²) in [5.41, 5.74) is 0.270. The molecule has 4 rings (SSSR count). The minimum absolute atomic E-state index is 0.0431. The van der Waals surface area contributed by atoms with Crippen molar-refractivity contribution in [1.82, 2.24) is 19.7 Å². The second kappa shape index (κ2) is 9.50. The Labute approximate surface area is 189 Å². The smallest absolute Gasteiger partial charge is 0.352 e. The van der Waals surface area contributed by atoms with E-state index in [9.17, 15) is 14.4 Å². The van der Waals surface area contributed by atoms with Crippen LogP contribution in [-0.4, -0.2) is 39.5 Å². The van der Waals surface area contributed by atoms with E-state index in [0.29, 0.717) is 22.9 Å². The zero-order valence-corrected chi connectivity index (χ0v) is 18.3. The van der Waals surface area contributed by atoms with E-state index in [4.69, 9.17) is 16.3 Å². The summed E-state index contributed by atoms with van der Waals surface area (Å²) in [5.74, 6) is -0.647. The standard InChI is InChI=1S/C23H23ClN4O4/c1-15-5-2-8-18(11-15)28-23(31)27(14-16-6-3-7-17(24)12-16)22(30)20(26-28)21(29)25-13-19-9-4-10-32-19/h2-3,5-8,11-12,19H,4,9-10,13-14H2,1H3,(H,25,29)/t19-/m1/s1. The molecule has 2 heterocycles. The summed E-state index contributed by atoms with van der Waals surface area (Å²) in [6.45, 7) is 2.77. The third-order valence-corrected chi connectivity index (χ3v) is 5.50. The van der Waals surface area contributed by atoms with E-state index in [0.717, 1.165) is 27.7 Å². The summed E-state index contributed by atoms with van der Waals surface area (Å²) in [5, 5.41) is 7.34. The summed E-state index contributed by atoms with van der Waals surface area (Å²) in [7, 11) is 0. The van der Waals surface area contributed by atoms with E-state index in [1.807, 2.05) is 13.0 Å². The average molecular weight is 455 g/mol. The molecule has 1 aliphatic heterocycles. The van der Waals surface area contributed by atoms with E-state index in [1.54, 1.807) is 42.5 Å². The Morgan fingerprint density at radius 2 is 2.03 bits per heavy atom. The van der Waals surface area contributed by atoms with Gasteiger partial charge in [0.2, 0.25) is 5.69 Å². The lowest BCUT2D eigenvalue weighted by Crippen LogP contribution is -2.46. The molecule has 1 fully saturated rings. The van der Waals surface area contributed by atoms with Gasteiger partial charge in [-0.1, -0.05) is 35.9 Å². The summed E-state index contributed by atoms with van der Waals surface area (Å²) in [4.78, 5) is 39.2. The van der Waals surface area contributed by atoms with Crippen LogP contribution in [0.15, 0.2) is 58.1 Å². The number of amides is 1. The number of nitrogens with one attached hydrogen (secondary N) is 1. The lowest BCUT2D eigenvalue weighted by molar-refractivity contribution is 0.0849. The molecule has 1 saturated heterocycles. The van der Waals surface area contributed by atoms with Crippen molar-refractivity contribution in [3.63, 3.8) is 0 Å². The second-order valence-electron chi connectivity index (χ2n) is 7.75. The molecule has 1 aliphatic rings. The highest BCUT2D eigenvalue weighted by atomic mass is 35.5. The average Bonchev–Trinajstić information content (AvgIpc) is 3.29. The van der Waals surface area contributed by atoms with Crippen LogP contribution in [0.3, 0.4) is 0 Å². The summed E-state index contributed by atoms with van der Waals surface area (Å²) in [6, 6.07) is 14.0. The van der Waals surface area contributed by atoms with Crippen LogP contribution >= 0.6 is 11.6 Å². The number of hydrogen-bond donors (Lipinski definition) is 1. The molecular formula is C23H23ClN4O4. The number of aromatic nitrogens is 3. The molecule has 3 aromatic rings. The van der Waals surface area contributed by atoms with Gasteiger partial charge in [-0.25, -0.2) is 4.79 Å². The van der Waals surface area contributed by atoms with Gasteiger partial charge in [0.05, 0.1) is 18.3 Å². The van der Waals surface area contributed by atoms with Gasteiger partial charge < -0.3 is 10.1 Å². The Hall–Kier alpha value is -3.23. The number of hydrogen-bond acceptors (Lipinski definition) is 5. The quantitative estimate of drug-likeness (QED) is 0.616. The van der Waals surface area contributed by atoms with E-state index in [2.05, 4.69) is 10.4 Å². The zero-order valence-electron chi connectivity index (χ0n) is 17.6. The Balaban J connectivity index is 1.77. The molecule has 2 aromatic carbocycles. The molecule has 1 aromatic heterocycles. The van der Waals surface area contributed by atoms with Gasteiger partial charge in [0.25, 0.3) is 11.5 Å². The largest absolute Gasteiger partial charge is 0.376 e. The molecule has 9 heteroatoms. The highest BCUT2D eigenvalue weighted by Gasteiger charge is 2.22. The van der Waals surface area contributed by atoms with Crippen LogP contribution in [-0.2, 0) is 11.3 Å². The van der Waals surface area contributed by atoms with Crippen LogP contribution in [0.4, 0.5) is 0 Å². The molecule has 32 heavy (non-hydrogen) atoms. The van der Waals surface area contributed by atoms with Crippen LogP contribution in [0.5, 0.6) is 0 Å². The number of ether oxygens (including phenoxy) is 1. The van der Waals surface area contributed by atoms with Crippen molar-refractivity contribution in [2.45, 2.75) is 32.4 Å². The lowest BCUT2D eigenvalue weighted by atomic mass is 10.2. The monoisotopic (exact) mass is 454 g/mol. The van der Waals surface area contributed by atoms with Crippen molar-refractivity contribution >= 4 is 17.5 Å². The third kappa shape index (κ3) is 4.81. The number of halogens is 1. The molecule has 0 bridgehead atoms. The number of benzene rings is 2. The number of rotatable bonds is 6. The molecule has 1 amide bonds. The molecule has 0 aliphatic carbocycles. The first-order chi connectivity index (χ1) is 15.4. The topological polar surface area (TPSA) is 95.2 Å². The van der Waals surface area contributed by atoms with Gasteiger partial charge in [-0.05, 0) is 55.2 Å². The fourth-order valence-corrected chi connectivity index (χ4v) is 3.85. The highest BCUT2D eigenvalue weighted by Crippen LogP contribution is 2.12. The SMILES string of the molecule is Cc1cccc(-n2nc(C(=O)NC[C@H]3CCCO3)c(=O)n(Cc3cccc(Cl)c3)c2=O)c1. The molecule has 1 N–H and O–H groups in total. The molecule has 166 valence electrons. The fourth-order valence-electron chi connectivity index (χ4n) is 3.64. The van der Waals surface area contributed by atoms with Gasteiger partial charge >= 0.3 is 5.69 Å². The minimum atomic E-state index is -0.760.